The molecule has 7 nitrogen and oxygen atoms in total. The molecule has 0 aliphatic carbocycles. The van der Waals surface area contributed by atoms with Crippen LogP contribution in [0.15, 0.2) is 30.6 Å². The van der Waals surface area contributed by atoms with Crippen LogP contribution in [0.1, 0.15) is 16.9 Å². The van der Waals surface area contributed by atoms with Crippen LogP contribution < -0.4 is 0 Å². The number of hydrogen-bond acceptors (Lipinski definition) is 5. The van der Waals surface area contributed by atoms with E-state index in [-0.39, 0.29) is 23.5 Å². The minimum atomic E-state index is -2.87. The molecule has 0 bridgehead atoms. The number of imidazole rings is 1. The molecule has 8 heteroatoms. The van der Waals surface area contributed by atoms with Crippen LogP contribution in [0.3, 0.4) is 0 Å². The highest BCUT2D eigenvalue weighted by Crippen LogP contribution is 2.20. The Morgan fingerprint density at radius 2 is 1.96 bits per heavy atom. The summed E-state index contributed by atoms with van der Waals surface area (Å²) in [5.41, 5.74) is 1.22. The van der Waals surface area contributed by atoms with Gasteiger partial charge in [0.05, 0.1) is 11.5 Å². The van der Waals surface area contributed by atoms with Crippen LogP contribution in [0.4, 0.5) is 0 Å². The highest BCUT2D eigenvalue weighted by molar-refractivity contribution is 7.91. The first-order valence-corrected chi connectivity index (χ1v) is 10.0. The molecule has 2 aliphatic rings. The molecule has 1 amide bonds. The average molecular weight is 348 g/mol. The molecule has 2 aromatic rings. The molecule has 4 rings (SSSR count). The molecule has 128 valence electrons. The number of piperazine rings is 1. The van der Waals surface area contributed by atoms with Crippen LogP contribution >= 0.6 is 0 Å². The molecule has 2 saturated heterocycles. The first kappa shape index (κ1) is 15.6. The van der Waals surface area contributed by atoms with Gasteiger partial charge in [0.2, 0.25) is 0 Å². The zero-order valence-electron chi connectivity index (χ0n) is 13.3. The normalized spacial score (nSPS) is 24.5. The van der Waals surface area contributed by atoms with Gasteiger partial charge in [0.15, 0.2) is 9.84 Å². The molecule has 2 aromatic heterocycles. The Balaban J connectivity index is 1.41. The second-order valence-electron chi connectivity index (χ2n) is 6.48. The van der Waals surface area contributed by atoms with Gasteiger partial charge in [-0.1, -0.05) is 6.07 Å². The van der Waals surface area contributed by atoms with Crippen molar-refractivity contribution < 1.29 is 13.2 Å². The van der Waals surface area contributed by atoms with Crippen LogP contribution in [-0.2, 0) is 9.84 Å². The standard InChI is InChI=1S/C16H20N4O3S/c21-16(14-11-20-5-2-1-3-15(20)17-14)19-8-6-18(7-9-19)13-4-10-24(22,23)12-13/h1-3,5,11,13H,4,6-10,12H2/t13-/m0/s1. The molecule has 2 aliphatic heterocycles. The lowest BCUT2D eigenvalue weighted by molar-refractivity contribution is 0.0583. The molecule has 0 saturated carbocycles. The third-order valence-corrected chi connectivity index (χ3v) is 6.66. The number of sulfone groups is 1. The third kappa shape index (κ3) is 2.91. The minimum absolute atomic E-state index is 0.0580. The fourth-order valence-corrected chi connectivity index (χ4v) is 5.31. The lowest BCUT2D eigenvalue weighted by Crippen LogP contribution is -2.52. The lowest BCUT2D eigenvalue weighted by atomic mass is 10.2. The average Bonchev–Trinajstić information content (AvgIpc) is 3.17. The Labute approximate surface area is 140 Å². The number of amides is 1. The first-order chi connectivity index (χ1) is 11.5. The Morgan fingerprint density at radius 1 is 1.17 bits per heavy atom. The fourth-order valence-electron chi connectivity index (χ4n) is 3.55. The van der Waals surface area contributed by atoms with Crippen LogP contribution in [0.5, 0.6) is 0 Å². The quantitative estimate of drug-likeness (QED) is 0.779. The molecule has 0 spiro atoms. The minimum Gasteiger partial charge on any atom is -0.335 e. The SMILES string of the molecule is O=C(c1cn2ccccc2n1)N1CCN([C@H]2CCS(=O)(=O)C2)CC1. The van der Waals surface area contributed by atoms with Crippen molar-refractivity contribution in [3.63, 3.8) is 0 Å². The maximum atomic E-state index is 12.6. The predicted molar refractivity (Wildman–Crippen MR) is 89.7 cm³/mol. The summed E-state index contributed by atoms with van der Waals surface area (Å²) in [6.45, 7) is 2.67. The van der Waals surface area contributed by atoms with E-state index < -0.39 is 9.84 Å². The second-order valence-corrected chi connectivity index (χ2v) is 8.71. The van der Waals surface area contributed by atoms with Crippen LogP contribution in [-0.4, -0.2) is 77.2 Å². The Hall–Kier alpha value is -1.93. The van der Waals surface area contributed by atoms with Gasteiger partial charge < -0.3 is 9.30 Å². The summed E-state index contributed by atoms with van der Waals surface area (Å²) in [5.74, 6) is 0.489. The predicted octanol–water partition coefficient (Wildman–Crippen LogP) is 0.279. The summed E-state index contributed by atoms with van der Waals surface area (Å²) in [6, 6.07) is 5.78. The highest BCUT2D eigenvalue weighted by atomic mass is 32.2. The number of nitrogens with zero attached hydrogens (tertiary/aromatic N) is 4. The van der Waals surface area contributed by atoms with E-state index >= 15 is 0 Å². The highest BCUT2D eigenvalue weighted by Gasteiger charge is 2.34. The van der Waals surface area contributed by atoms with Gasteiger partial charge in [-0.2, -0.15) is 0 Å². The molecule has 24 heavy (non-hydrogen) atoms. The van der Waals surface area contributed by atoms with E-state index in [9.17, 15) is 13.2 Å². The molecule has 0 N–H and O–H groups in total. The van der Waals surface area contributed by atoms with Gasteiger partial charge in [0.1, 0.15) is 11.3 Å². The molecule has 4 heterocycles. The molecule has 1 atom stereocenters. The number of aromatic nitrogens is 2. The summed E-state index contributed by atoms with van der Waals surface area (Å²) in [5, 5.41) is 0. The van der Waals surface area contributed by atoms with Crippen molar-refractivity contribution in [3.8, 4) is 0 Å². The first-order valence-electron chi connectivity index (χ1n) is 8.19. The molecule has 0 unspecified atom stereocenters. The van der Waals surface area contributed by atoms with Gasteiger partial charge in [-0.3, -0.25) is 9.69 Å². The number of hydrogen-bond donors (Lipinski definition) is 0. The monoisotopic (exact) mass is 348 g/mol. The van der Waals surface area contributed by atoms with Gasteiger partial charge in [0.25, 0.3) is 5.91 Å². The number of fused-ring (bicyclic) bond motifs is 1. The van der Waals surface area contributed by atoms with Crippen molar-refractivity contribution in [3.05, 3.63) is 36.3 Å². The molecular formula is C16H20N4O3S. The maximum absolute atomic E-state index is 12.6. The zero-order valence-corrected chi connectivity index (χ0v) is 14.2. The molecule has 0 radical (unpaired) electrons. The van der Waals surface area contributed by atoms with Crippen LogP contribution in [0.2, 0.25) is 0 Å². The van der Waals surface area contributed by atoms with E-state index in [4.69, 9.17) is 0 Å². The fraction of sp³-hybridized carbons (Fsp3) is 0.500. The summed E-state index contributed by atoms with van der Waals surface area (Å²) in [4.78, 5) is 21.0. The third-order valence-electron chi connectivity index (χ3n) is 4.91. The summed E-state index contributed by atoms with van der Waals surface area (Å²) in [6.07, 6.45) is 4.34. The van der Waals surface area contributed by atoms with Gasteiger partial charge >= 0.3 is 0 Å². The summed E-state index contributed by atoms with van der Waals surface area (Å²) in [7, 11) is -2.87. The van der Waals surface area contributed by atoms with E-state index in [0.717, 1.165) is 18.7 Å². The van der Waals surface area contributed by atoms with E-state index in [2.05, 4.69) is 9.88 Å². The van der Waals surface area contributed by atoms with Gasteiger partial charge in [-0.25, -0.2) is 13.4 Å². The van der Waals surface area contributed by atoms with Crippen molar-refractivity contribution in [1.29, 1.82) is 0 Å². The van der Waals surface area contributed by atoms with Crippen molar-refractivity contribution in [2.24, 2.45) is 0 Å². The lowest BCUT2D eigenvalue weighted by Gasteiger charge is -2.37. The van der Waals surface area contributed by atoms with Crippen molar-refractivity contribution in [2.45, 2.75) is 12.5 Å². The Morgan fingerprint density at radius 3 is 2.62 bits per heavy atom. The van der Waals surface area contributed by atoms with Gasteiger partial charge in [-0.05, 0) is 18.6 Å². The summed E-state index contributed by atoms with van der Waals surface area (Å²) < 4.78 is 25.1. The maximum Gasteiger partial charge on any atom is 0.274 e. The van der Waals surface area contributed by atoms with Crippen molar-refractivity contribution in [1.82, 2.24) is 19.2 Å². The van der Waals surface area contributed by atoms with E-state index in [1.165, 1.54) is 0 Å². The van der Waals surface area contributed by atoms with E-state index in [1.54, 1.807) is 6.20 Å². The number of rotatable bonds is 2. The van der Waals surface area contributed by atoms with Crippen LogP contribution in [0, 0.1) is 0 Å². The van der Waals surface area contributed by atoms with Crippen LogP contribution in [0.25, 0.3) is 5.65 Å². The summed E-state index contributed by atoms with van der Waals surface area (Å²) >= 11 is 0. The zero-order chi connectivity index (χ0) is 16.7. The van der Waals surface area contributed by atoms with Gasteiger partial charge in [-0.15, -0.1) is 0 Å². The van der Waals surface area contributed by atoms with Gasteiger partial charge in [0, 0.05) is 44.6 Å². The Kier molecular flexibility index (Phi) is 3.80. The second kappa shape index (κ2) is 5.86. The molecule has 0 aromatic carbocycles. The Bertz CT molecular complexity index is 835. The van der Waals surface area contributed by atoms with Crippen molar-refractivity contribution >= 4 is 21.4 Å². The topological polar surface area (TPSA) is 75.0 Å². The molecule has 2 fully saturated rings. The number of carbonyl (C=O) groups excluding carboxylic acids is 1. The van der Waals surface area contributed by atoms with E-state index in [0.29, 0.717) is 25.2 Å². The van der Waals surface area contributed by atoms with Crippen molar-refractivity contribution in [2.75, 3.05) is 37.7 Å². The van der Waals surface area contributed by atoms with E-state index in [1.807, 2.05) is 33.7 Å². The largest absolute Gasteiger partial charge is 0.335 e. The number of carbonyl (C=O) groups is 1. The number of pyridine rings is 1. The smallest absolute Gasteiger partial charge is 0.274 e. The molecular weight excluding hydrogens is 328 g/mol.